The third-order valence-corrected chi connectivity index (χ3v) is 4.11. The van der Waals surface area contributed by atoms with Crippen molar-refractivity contribution in [2.75, 3.05) is 5.32 Å². The zero-order valence-corrected chi connectivity index (χ0v) is 14.6. The number of anilines is 1. The van der Waals surface area contributed by atoms with E-state index in [1.165, 1.54) is 0 Å². The molecule has 0 bridgehead atoms. The van der Waals surface area contributed by atoms with Gasteiger partial charge in [0.05, 0.1) is 5.56 Å². The van der Waals surface area contributed by atoms with Gasteiger partial charge in [0.15, 0.2) is 0 Å². The molecular weight excluding hydrogens is 316 g/mol. The monoisotopic (exact) mass is 340 g/mol. The summed E-state index contributed by atoms with van der Waals surface area (Å²) in [6.45, 7) is 5.21. The first-order valence-electron chi connectivity index (χ1n) is 8.42. The van der Waals surface area contributed by atoms with Gasteiger partial charge in [0, 0.05) is 24.7 Å². The molecule has 5 nitrogen and oxygen atoms in total. The number of rotatable bonds is 8. The number of amides is 1. The average Bonchev–Trinajstić information content (AvgIpc) is 2.61. The summed E-state index contributed by atoms with van der Waals surface area (Å²) in [6, 6.07) is 14.6. The van der Waals surface area contributed by atoms with E-state index in [9.17, 15) is 9.59 Å². The molecule has 132 valence electrons. The smallest absolute Gasteiger partial charge is 0.335 e. The van der Waals surface area contributed by atoms with Crippen LogP contribution in [0.4, 0.5) is 5.69 Å². The average molecular weight is 340 g/mol. The van der Waals surface area contributed by atoms with Crippen LogP contribution in [0.25, 0.3) is 0 Å². The number of carbonyl (C=O) groups excluding carboxylic acids is 1. The van der Waals surface area contributed by atoms with Gasteiger partial charge in [-0.1, -0.05) is 38.1 Å². The molecule has 2 aromatic rings. The third-order valence-electron chi connectivity index (χ3n) is 4.11. The molecule has 0 aliphatic carbocycles. The van der Waals surface area contributed by atoms with E-state index < -0.39 is 5.97 Å². The quantitative estimate of drug-likeness (QED) is 0.685. The highest BCUT2D eigenvalue weighted by Crippen LogP contribution is 2.13. The Labute approximate surface area is 148 Å². The van der Waals surface area contributed by atoms with Crippen LogP contribution >= 0.6 is 0 Å². The number of benzene rings is 2. The van der Waals surface area contributed by atoms with E-state index in [0.717, 1.165) is 23.2 Å². The van der Waals surface area contributed by atoms with E-state index in [2.05, 4.69) is 10.6 Å². The molecule has 1 atom stereocenters. The van der Waals surface area contributed by atoms with Crippen LogP contribution in [-0.2, 0) is 17.9 Å². The van der Waals surface area contributed by atoms with Crippen LogP contribution in [0.3, 0.4) is 0 Å². The van der Waals surface area contributed by atoms with Crippen LogP contribution in [0.2, 0.25) is 0 Å². The molecule has 0 fully saturated rings. The molecule has 25 heavy (non-hydrogen) atoms. The van der Waals surface area contributed by atoms with E-state index in [1.807, 2.05) is 38.1 Å². The molecule has 0 aliphatic heterocycles. The minimum atomic E-state index is -0.921. The van der Waals surface area contributed by atoms with Gasteiger partial charge in [0.25, 0.3) is 0 Å². The maximum absolute atomic E-state index is 12.0. The number of carbonyl (C=O) groups is 2. The van der Waals surface area contributed by atoms with Gasteiger partial charge in [-0.15, -0.1) is 0 Å². The Kier molecular flexibility index (Phi) is 6.71. The lowest BCUT2D eigenvalue weighted by Crippen LogP contribution is -2.20. The van der Waals surface area contributed by atoms with E-state index in [-0.39, 0.29) is 17.4 Å². The second-order valence-corrected chi connectivity index (χ2v) is 6.10. The van der Waals surface area contributed by atoms with E-state index in [1.54, 1.807) is 24.3 Å². The van der Waals surface area contributed by atoms with Gasteiger partial charge < -0.3 is 15.7 Å². The summed E-state index contributed by atoms with van der Waals surface area (Å²) in [4.78, 5) is 22.8. The summed E-state index contributed by atoms with van der Waals surface area (Å²) < 4.78 is 0. The minimum Gasteiger partial charge on any atom is -0.478 e. The van der Waals surface area contributed by atoms with Gasteiger partial charge in [0.1, 0.15) is 0 Å². The van der Waals surface area contributed by atoms with Crippen molar-refractivity contribution >= 4 is 17.6 Å². The molecule has 1 amide bonds. The number of nitrogens with one attached hydrogen (secondary N) is 2. The van der Waals surface area contributed by atoms with Crippen molar-refractivity contribution in [2.45, 2.75) is 33.4 Å². The number of carboxylic acid groups (broad SMARTS) is 1. The summed E-state index contributed by atoms with van der Waals surface area (Å²) in [5, 5.41) is 15.1. The van der Waals surface area contributed by atoms with Gasteiger partial charge in [-0.05, 0) is 41.8 Å². The highest BCUT2D eigenvalue weighted by atomic mass is 16.4. The Morgan fingerprint density at radius 2 is 1.72 bits per heavy atom. The fraction of sp³-hybridized carbons (Fsp3) is 0.300. The molecule has 2 rings (SSSR count). The molecule has 0 saturated heterocycles. The van der Waals surface area contributed by atoms with Crippen LogP contribution < -0.4 is 10.6 Å². The Morgan fingerprint density at radius 3 is 2.36 bits per heavy atom. The maximum Gasteiger partial charge on any atom is 0.335 e. The van der Waals surface area contributed by atoms with E-state index in [0.29, 0.717) is 13.1 Å². The lowest BCUT2D eigenvalue weighted by molar-refractivity contribution is -0.119. The molecule has 1 unspecified atom stereocenters. The van der Waals surface area contributed by atoms with Crippen LogP contribution in [0.1, 0.15) is 41.8 Å². The fourth-order valence-electron chi connectivity index (χ4n) is 2.33. The van der Waals surface area contributed by atoms with Crippen molar-refractivity contribution in [3.05, 3.63) is 65.2 Å². The summed E-state index contributed by atoms with van der Waals surface area (Å²) in [7, 11) is 0. The SMILES string of the molecule is CCC(C)C(=O)Nc1cccc(CNCc2ccc(C(=O)O)cc2)c1. The van der Waals surface area contributed by atoms with Crippen LogP contribution in [0.15, 0.2) is 48.5 Å². The van der Waals surface area contributed by atoms with Crippen molar-refractivity contribution in [3.63, 3.8) is 0 Å². The summed E-state index contributed by atoms with van der Waals surface area (Å²) in [6.07, 6.45) is 0.813. The largest absolute Gasteiger partial charge is 0.478 e. The van der Waals surface area contributed by atoms with Gasteiger partial charge >= 0.3 is 5.97 Å². The first-order chi connectivity index (χ1) is 12.0. The molecule has 5 heteroatoms. The highest BCUT2D eigenvalue weighted by molar-refractivity contribution is 5.92. The molecule has 0 aliphatic rings. The molecule has 0 radical (unpaired) electrons. The van der Waals surface area contributed by atoms with Crippen molar-refractivity contribution < 1.29 is 14.7 Å². The lowest BCUT2D eigenvalue weighted by atomic mass is 10.1. The van der Waals surface area contributed by atoms with Crippen molar-refractivity contribution in [1.82, 2.24) is 5.32 Å². The van der Waals surface area contributed by atoms with Gasteiger partial charge in [-0.2, -0.15) is 0 Å². The molecule has 0 saturated carbocycles. The Hall–Kier alpha value is -2.66. The number of hydrogen-bond donors (Lipinski definition) is 3. The van der Waals surface area contributed by atoms with Crippen molar-refractivity contribution in [3.8, 4) is 0 Å². The van der Waals surface area contributed by atoms with E-state index >= 15 is 0 Å². The Balaban J connectivity index is 1.87. The van der Waals surface area contributed by atoms with Crippen molar-refractivity contribution in [1.29, 1.82) is 0 Å². The Bertz CT molecular complexity index is 726. The lowest BCUT2D eigenvalue weighted by Gasteiger charge is -2.11. The van der Waals surface area contributed by atoms with Crippen LogP contribution in [-0.4, -0.2) is 17.0 Å². The normalized spacial score (nSPS) is 11.8. The second kappa shape index (κ2) is 8.99. The standard InChI is InChI=1S/C20H24N2O3/c1-3-14(2)19(23)22-18-6-4-5-16(11-18)13-21-12-15-7-9-17(10-8-15)20(24)25/h4-11,14,21H,3,12-13H2,1-2H3,(H,22,23)(H,24,25). The predicted molar refractivity (Wildman–Crippen MR) is 98.5 cm³/mol. The van der Waals surface area contributed by atoms with Gasteiger partial charge in [-0.25, -0.2) is 4.79 Å². The first-order valence-corrected chi connectivity index (χ1v) is 8.42. The van der Waals surface area contributed by atoms with Crippen LogP contribution in [0, 0.1) is 5.92 Å². The maximum atomic E-state index is 12.0. The number of aromatic carboxylic acids is 1. The molecule has 0 aromatic heterocycles. The summed E-state index contributed by atoms with van der Waals surface area (Å²) in [5.74, 6) is -0.891. The van der Waals surface area contributed by atoms with Gasteiger partial charge in [-0.3, -0.25) is 4.79 Å². The number of carboxylic acids is 1. The zero-order valence-electron chi connectivity index (χ0n) is 14.6. The third kappa shape index (κ3) is 5.72. The molecule has 0 heterocycles. The summed E-state index contributed by atoms with van der Waals surface area (Å²) >= 11 is 0. The van der Waals surface area contributed by atoms with Crippen molar-refractivity contribution in [2.24, 2.45) is 5.92 Å². The molecule has 0 spiro atoms. The predicted octanol–water partition coefficient (Wildman–Crippen LogP) is 3.66. The minimum absolute atomic E-state index is 0.00412. The molecular formula is C20H24N2O3. The zero-order chi connectivity index (χ0) is 18.2. The highest BCUT2D eigenvalue weighted by Gasteiger charge is 2.10. The van der Waals surface area contributed by atoms with Gasteiger partial charge in [0.2, 0.25) is 5.91 Å². The fourth-order valence-corrected chi connectivity index (χ4v) is 2.33. The first kappa shape index (κ1) is 18.7. The van der Waals surface area contributed by atoms with E-state index in [4.69, 9.17) is 5.11 Å². The number of hydrogen-bond acceptors (Lipinski definition) is 3. The second-order valence-electron chi connectivity index (χ2n) is 6.10. The molecule has 2 aromatic carbocycles. The topological polar surface area (TPSA) is 78.4 Å². The molecule has 3 N–H and O–H groups in total. The van der Waals surface area contributed by atoms with Crippen LogP contribution in [0.5, 0.6) is 0 Å². The summed E-state index contributed by atoms with van der Waals surface area (Å²) in [5.41, 5.74) is 3.18. The Morgan fingerprint density at radius 1 is 1.04 bits per heavy atom.